The number of hydrogen-bond donors (Lipinski definition) is 4. The van der Waals surface area contributed by atoms with E-state index in [9.17, 15) is 30.0 Å². The van der Waals surface area contributed by atoms with Gasteiger partial charge in [0.15, 0.2) is 5.78 Å². The number of hydrogen-bond acceptors (Lipinski definition) is 8. The minimum Gasteiger partial charge on any atom is -0.463 e. The SMILES string of the molecule is CC(=O)O[C@H]1CC[C@@]2(C)[C@H](C1)C(=O)[C@@H](O)[C@@H]1[C@@H]2C[C@H]2[C@@H]3CN4C[C@@H](C)CC[C@H]4[C@@](C)(O)[C@H]3[C@@H](O)C[C@@]12O. The van der Waals surface area contributed by atoms with E-state index in [1.165, 1.54) is 6.92 Å². The molecule has 0 aromatic rings. The molecule has 6 rings (SSSR count). The van der Waals surface area contributed by atoms with Crippen molar-refractivity contribution >= 4 is 11.8 Å². The highest BCUT2D eigenvalue weighted by Gasteiger charge is 2.73. The summed E-state index contributed by atoms with van der Waals surface area (Å²) in [4.78, 5) is 27.6. The lowest BCUT2D eigenvalue weighted by Gasteiger charge is -2.62. The number of aliphatic hydroxyl groups is 4. The summed E-state index contributed by atoms with van der Waals surface area (Å²) >= 11 is 0. The first-order chi connectivity index (χ1) is 17.3. The van der Waals surface area contributed by atoms with Crippen molar-refractivity contribution in [3.8, 4) is 0 Å². The molecule has 208 valence electrons. The van der Waals surface area contributed by atoms with Crippen LogP contribution in [0.4, 0.5) is 0 Å². The first kappa shape index (κ1) is 26.2. The number of ether oxygens (including phenoxy) is 1. The highest BCUT2D eigenvalue weighted by atomic mass is 16.5. The number of Topliss-reactive ketones (excluding diaryl/α,β-unsaturated/α-hetero) is 1. The predicted octanol–water partition coefficient (Wildman–Crippen LogP) is 1.51. The zero-order chi connectivity index (χ0) is 26.7. The van der Waals surface area contributed by atoms with E-state index in [0.29, 0.717) is 31.6 Å². The Bertz CT molecular complexity index is 970. The van der Waals surface area contributed by atoms with Gasteiger partial charge in [-0.1, -0.05) is 13.8 Å². The summed E-state index contributed by atoms with van der Waals surface area (Å²) < 4.78 is 5.47. The van der Waals surface area contributed by atoms with Crippen molar-refractivity contribution in [2.45, 2.75) is 108 Å². The second-order valence-electron chi connectivity index (χ2n) is 14.2. The quantitative estimate of drug-likeness (QED) is 0.384. The fourth-order valence-electron chi connectivity index (χ4n) is 10.8. The molecule has 4 N–H and O–H groups in total. The van der Waals surface area contributed by atoms with E-state index in [2.05, 4.69) is 18.7 Å². The molecule has 8 nitrogen and oxygen atoms in total. The van der Waals surface area contributed by atoms with Gasteiger partial charge in [-0.3, -0.25) is 14.5 Å². The molecule has 0 amide bonds. The molecule has 0 radical (unpaired) electrons. The van der Waals surface area contributed by atoms with Crippen molar-refractivity contribution in [3.63, 3.8) is 0 Å². The Morgan fingerprint density at radius 2 is 1.76 bits per heavy atom. The Balaban J connectivity index is 1.35. The summed E-state index contributed by atoms with van der Waals surface area (Å²) in [6, 6.07) is 0.0000863. The van der Waals surface area contributed by atoms with Crippen LogP contribution in [0.1, 0.15) is 72.6 Å². The summed E-state index contributed by atoms with van der Waals surface area (Å²) in [5.74, 6) is -1.87. The fraction of sp³-hybridized carbons (Fsp3) is 0.931. The van der Waals surface area contributed by atoms with Crippen LogP contribution in [0.25, 0.3) is 0 Å². The number of ketones is 1. The molecule has 4 aliphatic carbocycles. The summed E-state index contributed by atoms with van der Waals surface area (Å²) in [6.45, 7) is 9.24. The standard InChI is InChI=1S/C29H45NO7/c1-14-5-6-22-28(4,35)23-17(13-30(22)12-14)18-10-19-24(29(18,36)11-21(23)32)26(34)25(33)20-9-16(37-15(2)31)7-8-27(19,20)3/h14,16-24,26,32,34-36H,5-13H2,1-4H3/t14-,16-,17-,18-,19-,20+,21-,22-,23+,24-,26-,27+,28+,29-/m0/s1. The van der Waals surface area contributed by atoms with Gasteiger partial charge in [-0.05, 0) is 74.5 Å². The number of piperidine rings is 2. The largest absolute Gasteiger partial charge is 0.463 e. The third kappa shape index (κ3) is 3.58. The molecular weight excluding hydrogens is 474 g/mol. The van der Waals surface area contributed by atoms with Crippen LogP contribution < -0.4 is 0 Å². The van der Waals surface area contributed by atoms with Crippen LogP contribution in [0.5, 0.6) is 0 Å². The lowest BCUT2D eigenvalue weighted by atomic mass is 9.50. The number of carbonyl (C=O) groups is 2. The van der Waals surface area contributed by atoms with Crippen LogP contribution in [0.3, 0.4) is 0 Å². The molecule has 8 heteroatoms. The number of carbonyl (C=O) groups excluding carboxylic acids is 2. The van der Waals surface area contributed by atoms with E-state index in [0.717, 1.165) is 25.9 Å². The third-order valence-electron chi connectivity index (χ3n) is 12.3. The maximum atomic E-state index is 13.6. The number of aliphatic hydroxyl groups excluding tert-OH is 2. The van der Waals surface area contributed by atoms with Gasteiger partial charge >= 0.3 is 5.97 Å². The summed E-state index contributed by atoms with van der Waals surface area (Å²) in [7, 11) is 0. The van der Waals surface area contributed by atoms with Crippen LogP contribution in [0.2, 0.25) is 0 Å². The average molecular weight is 520 g/mol. The van der Waals surface area contributed by atoms with Gasteiger partial charge in [0.1, 0.15) is 12.2 Å². The Morgan fingerprint density at radius 1 is 1.03 bits per heavy atom. The number of rotatable bonds is 1. The molecule has 0 bridgehead atoms. The molecule has 2 aliphatic heterocycles. The van der Waals surface area contributed by atoms with Gasteiger partial charge in [-0.2, -0.15) is 0 Å². The molecule has 14 atom stereocenters. The number of nitrogens with zero attached hydrogens (tertiary/aromatic N) is 1. The van der Waals surface area contributed by atoms with E-state index >= 15 is 0 Å². The van der Waals surface area contributed by atoms with Gasteiger partial charge in [0.25, 0.3) is 0 Å². The zero-order valence-electron chi connectivity index (χ0n) is 22.7. The molecule has 6 fully saturated rings. The first-order valence-corrected chi connectivity index (χ1v) is 14.5. The lowest BCUT2D eigenvalue weighted by Crippen LogP contribution is -2.72. The maximum Gasteiger partial charge on any atom is 0.302 e. The topological polar surface area (TPSA) is 128 Å². The van der Waals surface area contributed by atoms with Crippen LogP contribution in [-0.2, 0) is 14.3 Å². The predicted molar refractivity (Wildman–Crippen MR) is 134 cm³/mol. The van der Waals surface area contributed by atoms with Crippen molar-refractivity contribution in [2.75, 3.05) is 13.1 Å². The highest BCUT2D eigenvalue weighted by molar-refractivity contribution is 5.88. The van der Waals surface area contributed by atoms with Crippen molar-refractivity contribution in [1.29, 1.82) is 0 Å². The lowest BCUT2D eigenvalue weighted by molar-refractivity contribution is -0.244. The van der Waals surface area contributed by atoms with Gasteiger partial charge in [0.05, 0.1) is 17.3 Å². The molecular formula is C29H45NO7. The van der Waals surface area contributed by atoms with E-state index in [1.54, 1.807) is 0 Å². The Labute approximate surface area is 219 Å². The van der Waals surface area contributed by atoms with Gasteiger partial charge < -0.3 is 25.2 Å². The Morgan fingerprint density at radius 3 is 2.46 bits per heavy atom. The van der Waals surface area contributed by atoms with E-state index < -0.39 is 40.7 Å². The zero-order valence-corrected chi connectivity index (χ0v) is 22.7. The second kappa shape index (κ2) is 8.47. The molecule has 2 saturated heterocycles. The van der Waals surface area contributed by atoms with Crippen molar-refractivity contribution in [2.24, 2.45) is 46.8 Å². The third-order valence-corrected chi connectivity index (χ3v) is 12.3. The van der Waals surface area contributed by atoms with Crippen LogP contribution in [0, 0.1) is 46.8 Å². The van der Waals surface area contributed by atoms with E-state index in [4.69, 9.17) is 4.74 Å². The monoisotopic (exact) mass is 519 g/mol. The van der Waals surface area contributed by atoms with Gasteiger partial charge in [-0.15, -0.1) is 0 Å². The second-order valence-corrected chi connectivity index (χ2v) is 14.2. The number of esters is 1. The molecule has 37 heavy (non-hydrogen) atoms. The van der Waals surface area contributed by atoms with Crippen molar-refractivity contribution in [3.05, 3.63) is 0 Å². The van der Waals surface area contributed by atoms with Gasteiger partial charge in [-0.25, -0.2) is 0 Å². The van der Waals surface area contributed by atoms with Crippen LogP contribution >= 0.6 is 0 Å². The Kier molecular flexibility index (Phi) is 5.99. The smallest absolute Gasteiger partial charge is 0.302 e. The maximum absolute atomic E-state index is 13.6. The summed E-state index contributed by atoms with van der Waals surface area (Å²) in [5.41, 5.74) is -2.84. The Hall–Kier alpha value is -1.06. The molecule has 0 aromatic carbocycles. The normalized spacial score (nSPS) is 57.4. The highest BCUT2D eigenvalue weighted by Crippen LogP contribution is 2.68. The molecule has 0 unspecified atom stereocenters. The summed E-state index contributed by atoms with van der Waals surface area (Å²) in [6.07, 6.45) is 1.97. The van der Waals surface area contributed by atoms with Crippen LogP contribution in [0.15, 0.2) is 0 Å². The minimum absolute atomic E-state index is 0.0000863. The van der Waals surface area contributed by atoms with Gasteiger partial charge in [0.2, 0.25) is 0 Å². The fourth-order valence-corrected chi connectivity index (χ4v) is 10.8. The molecule has 2 heterocycles. The van der Waals surface area contributed by atoms with E-state index in [1.807, 2.05) is 6.92 Å². The molecule has 6 aliphatic rings. The van der Waals surface area contributed by atoms with Crippen LogP contribution in [-0.4, -0.2) is 85.7 Å². The van der Waals surface area contributed by atoms with Crippen molar-refractivity contribution in [1.82, 2.24) is 4.90 Å². The molecule has 4 saturated carbocycles. The molecule has 0 aromatic heterocycles. The average Bonchev–Trinajstić information content (AvgIpc) is 3.11. The van der Waals surface area contributed by atoms with Crippen molar-refractivity contribution < 1.29 is 34.8 Å². The summed E-state index contributed by atoms with van der Waals surface area (Å²) in [5, 5.41) is 47.2. The first-order valence-electron chi connectivity index (χ1n) is 14.5. The molecule has 0 spiro atoms. The minimum atomic E-state index is -1.36. The van der Waals surface area contributed by atoms with E-state index in [-0.39, 0.29) is 54.0 Å². The van der Waals surface area contributed by atoms with Gasteiger partial charge in [0, 0.05) is 50.2 Å². The number of fused-ring (bicyclic) bond motifs is 8.